The first kappa shape index (κ1) is 37.9. The Morgan fingerprint density at radius 3 is 1.87 bits per heavy atom. The van der Waals surface area contributed by atoms with Gasteiger partial charge >= 0.3 is 0 Å². The molecule has 0 N–H and O–H groups in total. The van der Waals surface area contributed by atoms with Gasteiger partial charge < -0.3 is 0 Å². The predicted octanol–water partition coefficient (Wildman–Crippen LogP) is 16.9. The van der Waals surface area contributed by atoms with Gasteiger partial charge in [-0.25, -0.2) is 4.98 Å². The smallest absolute Gasteiger partial charge is 0.146 e. The molecular weight excluding hydrogens is 761 g/mol. The lowest BCUT2D eigenvalue weighted by Crippen LogP contribution is -1.93. The lowest BCUT2D eigenvalue weighted by Gasteiger charge is -2.19. The van der Waals surface area contributed by atoms with Crippen molar-refractivity contribution in [2.75, 3.05) is 0 Å². The van der Waals surface area contributed by atoms with Gasteiger partial charge in [-0.3, -0.25) is 4.40 Å². The summed E-state index contributed by atoms with van der Waals surface area (Å²) in [6.07, 6.45) is 14.4. The highest BCUT2D eigenvalue weighted by Gasteiger charge is 2.19. The van der Waals surface area contributed by atoms with Crippen LogP contribution in [0.15, 0.2) is 213 Å². The zero-order valence-corrected chi connectivity index (χ0v) is 35.4. The first-order valence-corrected chi connectivity index (χ1v) is 21.7. The third-order valence-electron chi connectivity index (χ3n) is 12.6. The number of pyridine rings is 1. The van der Waals surface area contributed by atoms with Gasteiger partial charge in [0.05, 0.1) is 16.6 Å². The van der Waals surface area contributed by atoms with Crippen LogP contribution in [0.2, 0.25) is 0 Å². The van der Waals surface area contributed by atoms with Gasteiger partial charge in [-0.2, -0.15) is 0 Å². The Kier molecular flexibility index (Phi) is 9.48. The Morgan fingerprint density at radius 1 is 0.444 bits per heavy atom. The summed E-state index contributed by atoms with van der Waals surface area (Å²) in [5, 5.41) is 8.46. The molecule has 0 saturated carbocycles. The van der Waals surface area contributed by atoms with Gasteiger partial charge in [0.25, 0.3) is 0 Å². The van der Waals surface area contributed by atoms with E-state index >= 15 is 0 Å². The summed E-state index contributed by atoms with van der Waals surface area (Å²) in [6.45, 7) is 8.07. The van der Waals surface area contributed by atoms with E-state index in [1.165, 1.54) is 88.0 Å². The summed E-state index contributed by atoms with van der Waals surface area (Å²) >= 11 is 0. The fourth-order valence-electron chi connectivity index (χ4n) is 9.55. The molecule has 63 heavy (non-hydrogen) atoms. The number of nitrogens with zero attached hydrogens (tertiary/aromatic N) is 2. The Bertz CT molecular complexity index is 3710. The van der Waals surface area contributed by atoms with Crippen LogP contribution in [-0.4, -0.2) is 9.38 Å². The second-order valence-electron chi connectivity index (χ2n) is 16.3. The average molecular weight is 805 g/mol. The van der Waals surface area contributed by atoms with Gasteiger partial charge in [0.1, 0.15) is 5.65 Å². The van der Waals surface area contributed by atoms with E-state index in [1.807, 2.05) is 19.1 Å². The summed E-state index contributed by atoms with van der Waals surface area (Å²) in [5.74, 6) is 0. The van der Waals surface area contributed by atoms with E-state index in [9.17, 15) is 0 Å². The minimum atomic E-state index is 0.988. The number of aryl methyl sites for hydroxylation is 1. The molecule has 2 heteroatoms. The Labute approximate surface area is 367 Å². The van der Waals surface area contributed by atoms with Crippen molar-refractivity contribution in [3.05, 3.63) is 230 Å². The summed E-state index contributed by atoms with van der Waals surface area (Å²) in [7, 11) is 0. The molecule has 0 saturated heterocycles. The molecule has 0 unspecified atom stereocenters. The lowest BCUT2D eigenvalue weighted by molar-refractivity contribution is 1.31. The van der Waals surface area contributed by atoms with Crippen LogP contribution in [0, 0.1) is 6.92 Å². The monoisotopic (exact) mass is 804 g/mol. The minimum absolute atomic E-state index is 0.988. The molecule has 11 aromatic rings. The van der Waals surface area contributed by atoms with Crippen LogP contribution < -0.4 is 0 Å². The molecule has 0 amide bonds. The number of fused-ring (bicyclic) bond motifs is 10. The topological polar surface area (TPSA) is 17.3 Å². The number of para-hydroxylation sites is 2. The second-order valence-corrected chi connectivity index (χ2v) is 16.3. The predicted molar refractivity (Wildman–Crippen MR) is 272 cm³/mol. The molecule has 2 heterocycles. The van der Waals surface area contributed by atoms with E-state index in [2.05, 4.69) is 224 Å². The molecule has 0 bridgehead atoms. The Balaban J connectivity index is 1.14. The molecule has 0 aliphatic carbocycles. The van der Waals surface area contributed by atoms with Crippen LogP contribution in [0.5, 0.6) is 0 Å². The molecule has 298 valence electrons. The number of rotatable bonds is 8. The van der Waals surface area contributed by atoms with Crippen molar-refractivity contribution in [3.63, 3.8) is 0 Å². The van der Waals surface area contributed by atoms with Crippen molar-refractivity contribution < 1.29 is 0 Å². The quantitative estimate of drug-likeness (QED) is 0.0849. The Morgan fingerprint density at radius 2 is 1.08 bits per heavy atom. The molecule has 0 aliphatic rings. The van der Waals surface area contributed by atoms with Crippen molar-refractivity contribution in [1.82, 2.24) is 9.38 Å². The zero-order chi connectivity index (χ0) is 42.4. The number of aromatic nitrogens is 2. The third-order valence-corrected chi connectivity index (χ3v) is 12.6. The maximum atomic E-state index is 5.12. The summed E-state index contributed by atoms with van der Waals surface area (Å²) in [5.41, 5.74) is 17.4. The average Bonchev–Trinajstić information content (AvgIpc) is 3.73. The molecule has 0 spiro atoms. The maximum absolute atomic E-state index is 5.12. The van der Waals surface area contributed by atoms with E-state index in [-0.39, 0.29) is 0 Å². The highest BCUT2D eigenvalue weighted by Crippen LogP contribution is 2.46. The normalized spacial score (nSPS) is 12.2. The van der Waals surface area contributed by atoms with Crippen LogP contribution in [0.25, 0.3) is 117 Å². The van der Waals surface area contributed by atoms with Gasteiger partial charge in [-0.1, -0.05) is 183 Å². The van der Waals surface area contributed by atoms with E-state index in [0.29, 0.717) is 0 Å². The maximum Gasteiger partial charge on any atom is 0.146 e. The fraction of sp³-hybridized carbons (Fsp3) is 0.0328. The van der Waals surface area contributed by atoms with Crippen LogP contribution in [0.4, 0.5) is 0 Å². The van der Waals surface area contributed by atoms with Gasteiger partial charge in [0.15, 0.2) is 0 Å². The third kappa shape index (κ3) is 6.56. The van der Waals surface area contributed by atoms with E-state index in [1.54, 1.807) is 0 Å². The standard InChI is InChI=1S/C61H44N2/c1-4-6-8-16-41-17-15-19-48(36-41)60-51-22-11-10-21-50(51)59(43-30-28-42(29-31-43)45-27-26-40(3)44(37-45)18-7-5-2)52-34-32-46(39-55(52)60)47-33-35-57-54(38-47)49-20-9-12-23-53(49)61-62-56-24-13-14-25-58(56)63(57)61/h4-39H,2H2,1,3H3/b6-4-,16-8-,18-7-. The molecule has 2 aromatic heterocycles. The zero-order valence-electron chi connectivity index (χ0n) is 35.4. The molecule has 9 aromatic carbocycles. The first-order chi connectivity index (χ1) is 31.1. The first-order valence-electron chi connectivity index (χ1n) is 21.7. The minimum Gasteiger partial charge on any atom is -0.292 e. The fourth-order valence-corrected chi connectivity index (χ4v) is 9.55. The molecule has 11 rings (SSSR count). The second kappa shape index (κ2) is 15.8. The lowest BCUT2D eigenvalue weighted by atomic mass is 9.84. The van der Waals surface area contributed by atoms with E-state index in [4.69, 9.17) is 4.98 Å². The van der Waals surface area contributed by atoms with Crippen molar-refractivity contribution in [2.24, 2.45) is 0 Å². The van der Waals surface area contributed by atoms with Crippen LogP contribution >= 0.6 is 0 Å². The summed E-state index contributed by atoms with van der Waals surface area (Å²) in [4.78, 5) is 5.12. The van der Waals surface area contributed by atoms with Gasteiger partial charge in [0.2, 0.25) is 0 Å². The van der Waals surface area contributed by atoms with Crippen molar-refractivity contribution in [1.29, 1.82) is 0 Å². The van der Waals surface area contributed by atoms with Gasteiger partial charge in [0, 0.05) is 10.8 Å². The number of hydrogen-bond donors (Lipinski definition) is 0. The molecule has 0 radical (unpaired) electrons. The van der Waals surface area contributed by atoms with Crippen molar-refractivity contribution in [3.8, 4) is 44.5 Å². The number of benzene rings is 9. The van der Waals surface area contributed by atoms with E-state index < -0.39 is 0 Å². The number of allylic oxidation sites excluding steroid dienone is 5. The SMILES string of the molecule is C=C/C=C\c1cc(-c2ccc(-c3c4ccccc4c(-c4cccc(/C=C\C=C/C)c4)c4cc(-c5ccc6c(c5)c5ccccc5c5nc7ccccc7n65)ccc34)cc2)ccc1C. The highest BCUT2D eigenvalue weighted by molar-refractivity contribution is 6.22. The van der Waals surface area contributed by atoms with E-state index in [0.717, 1.165) is 33.1 Å². The summed E-state index contributed by atoms with van der Waals surface area (Å²) in [6, 6.07) is 64.9. The number of imidazole rings is 1. The highest BCUT2D eigenvalue weighted by atomic mass is 15.0. The molecular formula is C61H44N2. The molecule has 0 atom stereocenters. The van der Waals surface area contributed by atoms with Gasteiger partial charge in [-0.15, -0.1) is 0 Å². The van der Waals surface area contributed by atoms with Crippen LogP contribution in [0.3, 0.4) is 0 Å². The van der Waals surface area contributed by atoms with Crippen molar-refractivity contribution >= 4 is 72.1 Å². The number of hydrogen-bond acceptors (Lipinski definition) is 1. The van der Waals surface area contributed by atoms with Crippen LogP contribution in [-0.2, 0) is 0 Å². The van der Waals surface area contributed by atoms with Gasteiger partial charge in [-0.05, 0) is 144 Å². The summed E-state index contributed by atoms with van der Waals surface area (Å²) < 4.78 is 2.33. The Hall–Kier alpha value is -8.07. The largest absolute Gasteiger partial charge is 0.292 e. The molecule has 0 aliphatic heterocycles. The van der Waals surface area contributed by atoms with Crippen molar-refractivity contribution in [2.45, 2.75) is 13.8 Å². The molecule has 2 nitrogen and oxygen atoms in total. The molecule has 0 fully saturated rings. The van der Waals surface area contributed by atoms with Crippen LogP contribution in [0.1, 0.15) is 23.6 Å².